The predicted octanol–water partition coefficient (Wildman–Crippen LogP) is 5.35. The van der Waals surface area contributed by atoms with E-state index in [9.17, 15) is 18.0 Å². The molecule has 0 atom stereocenters. The van der Waals surface area contributed by atoms with Crippen LogP contribution in [0.25, 0.3) is 10.6 Å². The van der Waals surface area contributed by atoms with Crippen molar-refractivity contribution < 1.29 is 22.7 Å². The first-order chi connectivity index (χ1) is 16.2. The van der Waals surface area contributed by atoms with Gasteiger partial charge in [0, 0.05) is 52.4 Å². The molecule has 1 aromatic carbocycles. The second-order valence-corrected chi connectivity index (χ2v) is 8.59. The molecular weight excluding hydrogens is 467 g/mol. The van der Waals surface area contributed by atoms with Crippen LogP contribution in [0.1, 0.15) is 32.3 Å². The van der Waals surface area contributed by atoms with Gasteiger partial charge in [-0.3, -0.25) is 9.78 Å². The fourth-order valence-corrected chi connectivity index (χ4v) is 3.68. The molecule has 4 rings (SSSR count). The Morgan fingerprint density at radius 3 is 2.35 bits per heavy atom. The standard InChI is InChI=1S/C23H18F3N5O2S/c1-13-3-4-18(12-27-13)33-19-6-16(5-17(7-19)21-29-8-14(2)34-21)20(32)28-9-15-10-30-22(31-11-15)23(24,25)26/h3-8,10-12H,9H2,1-2H3,(H,28,32). The van der Waals surface area contributed by atoms with Gasteiger partial charge in [0.1, 0.15) is 16.5 Å². The van der Waals surface area contributed by atoms with E-state index in [0.29, 0.717) is 28.2 Å². The normalized spacial score (nSPS) is 11.3. The second-order valence-electron chi connectivity index (χ2n) is 7.35. The minimum Gasteiger partial charge on any atom is -0.456 e. The van der Waals surface area contributed by atoms with Gasteiger partial charge in [-0.15, -0.1) is 11.3 Å². The zero-order valence-corrected chi connectivity index (χ0v) is 18.9. The number of halogens is 3. The monoisotopic (exact) mass is 485 g/mol. The van der Waals surface area contributed by atoms with Crippen LogP contribution in [0.15, 0.2) is 55.1 Å². The molecular formula is C23H18F3N5O2S. The van der Waals surface area contributed by atoms with Crippen LogP contribution in [-0.4, -0.2) is 25.8 Å². The number of aromatic nitrogens is 4. The molecule has 0 spiro atoms. The molecule has 0 unspecified atom stereocenters. The number of ether oxygens (including phenoxy) is 1. The van der Waals surface area contributed by atoms with Crippen LogP contribution in [0, 0.1) is 13.8 Å². The lowest BCUT2D eigenvalue weighted by Gasteiger charge is -2.11. The van der Waals surface area contributed by atoms with Crippen molar-refractivity contribution in [2.24, 2.45) is 0 Å². The summed E-state index contributed by atoms with van der Waals surface area (Å²) in [6.45, 7) is 3.74. The number of hydrogen-bond donors (Lipinski definition) is 1. The van der Waals surface area contributed by atoms with E-state index in [-0.39, 0.29) is 6.54 Å². The molecule has 0 saturated heterocycles. The molecule has 0 fully saturated rings. The Bertz CT molecular complexity index is 1310. The number of alkyl halides is 3. The van der Waals surface area contributed by atoms with Crippen LogP contribution in [-0.2, 0) is 12.7 Å². The van der Waals surface area contributed by atoms with E-state index in [1.54, 1.807) is 36.7 Å². The Morgan fingerprint density at radius 1 is 0.971 bits per heavy atom. The highest BCUT2D eigenvalue weighted by Gasteiger charge is 2.34. The molecule has 1 N–H and O–H groups in total. The molecule has 3 heterocycles. The SMILES string of the molecule is Cc1ccc(Oc2cc(C(=O)NCc3cnc(C(F)(F)F)nc3)cc(-c3ncc(C)s3)c2)cn1. The maximum atomic E-state index is 12.9. The zero-order valence-electron chi connectivity index (χ0n) is 18.1. The quantitative estimate of drug-likeness (QED) is 0.396. The van der Waals surface area contributed by atoms with E-state index < -0.39 is 17.9 Å². The van der Waals surface area contributed by atoms with Gasteiger partial charge >= 0.3 is 6.18 Å². The number of thiazole rings is 1. The van der Waals surface area contributed by atoms with Gasteiger partial charge in [-0.2, -0.15) is 13.2 Å². The summed E-state index contributed by atoms with van der Waals surface area (Å²) in [4.78, 5) is 29.1. The Hall–Kier alpha value is -3.86. The molecule has 0 bridgehead atoms. The minimum atomic E-state index is -4.63. The Kier molecular flexibility index (Phi) is 6.55. The highest BCUT2D eigenvalue weighted by Crippen LogP contribution is 2.31. The topological polar surface area (TPSA) is 89.9 Å². The first-order valence-corrected chi connectivity index (χ1v) is 10.8. The number of hydrogen-bond acceptors (Lipinski definition) is 7. The van der Waals surface area contributed by atoms with Crippen molar-refractivity contribution in [2.75, 3.05) is 0 Å². The number of pyridine rings is 1. The van der Waals surface area contributed by atoms with Crippen molar-refractivity contribution in [1.29, 1.82) is 0 Å². The molecule has 7 nitrogen and oxygen atoms in total. The molecule has 0 aliphatic rings. The van der Waals surface area contributed by atoms with E-state index in [4.69, 9.17) is 4.74 Å². The maximum Gasteiger partial charge on any atom is 0.451 e. The summed E-state index contributed by atoms with van der Waals surface area (Å²) in [6, 6.07) is 8.61. The third-order valence-corrected chi connectivity index (χ3v) is 5.53. The number of nitrogens with zero attached hydrogens (tertiary/aromatic N) is 4. The fourth-order valence-electron chi connectivity index (χ4n) is 2.93. The van der Waals surface area contributed by atoms with Crippen molar-refractivity contribution in [3.63, 3.8) is 0 Å². The largest absolute Gasteiger partial charge is 0.456 e. The molecule has 0 saturated carbocycles. The number of carbonyl (C=O) groups is 1. The summed E-state index contributed by atoms with van der Waals surface area (Å²) in [5.74, 6) is -0.756. The summed E-state index contributed by atoms with van der Waals surface area (Å²) >= 11 is 1.47. The highest BCUT2D eigenvalue weighted by molar-refractivity contribution is 7.14. The molecule has 0 aliphatic heterocycles. The second kappa shape index (κ2) is 9.56. The maximum absolute atomic E-state index is 12.9. The number of amides is 1. The van der Waals surface area contributed by atoms with Crippen LogP contribution in [0.3, 0.4) is 0 Å². The van der Waals surface area contributed by atoms with E-state index in [0.717, 1.165) is 28.0 Å². The molecule has 34 heavy (non-hydrogen) atoms. The molecule has 11 heteroatoms. The van der Waals surface area contributed by atoms with Gasteiger partial charge in [-0.25, -0.2) is 15.0 Å². The summed E-state index contributed by atoms with van der Waals surface area (Å²) in [5.41, 5.74) is 2.16. The number of benzene rings is 1. The lowest BCUT2D eigenvalue weighted by molar-refractivity contribution is -0.145. The number of rotatable bonds is 6. The average Bonchev–Trinajstić information content (AvgIpc) is 3.25. The fraction of sp³-hybridized carbons (Fsp3) is 0.174. The predicted molar refractivity (Wildman–Crippen MR) is 120 cm³/mol. The van der Waals surface area contributed by atoms with Crippen molar-refractivity contribution in [3.05, 3.63) is 82.6 Å². The van der Waals surface area contributed by atoms with Gasteiger partial charge in [0.2, 0.25) is 5.82 Å². The van der Waals surface area contributed by atoms with E-state index in [1.165, 1.54) is 11.3 Å². The molecule has 174 valence electrons. The van der Waals surface area contributed by atoms with E-state index in [2.05, 4.69) is 25.3 Å². The van der Waals surface area contributed by atoms with Crippen molar-refractivity contribution in [2.45, 2.75) is 26.6 Å². The first-order valence-electron chi connectivity index (χ1n) is 10.0. The summed E-state index contributed by atoms with van der Waals surface area (Å²) in [7, 11) is 0. The van der Waals surface area contributed by atoms with Gasteiger partial charge in [-0.1, -0.05) is 0 Å². The van der Waals surface area contributed by atoms with Gasteiger partial charge in [0.05, 0.1) is 6.20 Å². The highest BCUT2D eigenvalue weighted by atomic mass is 32.1. The van der Waals surface area contributed by atoms with Crippen LogP contribution in [0.2, 0.25) is 0 Å². The number of nitrogens with one attached hydrogen (secondary N) is 1. The first kappa shape index (κ1) is 23.3. The molecule has 4 aromatic rings. The summed E-state index contributed by atoms with van der Waals surface area (Å²) < 4.78 is 43.8. The summed E-state index contributed by atoms with van der Waals surface area (Å²) in [5, 5.41) is 3.39. The number of aryl methyl sites for hydroxylation is 2. The Morgan fingerprint density at radius 2 is 1.74 bits per heavy atom. The van der Waals surface area contributed by atoms with Gasteiger partial charge in [-0.05, 0) is 44.2 Å². The van der Waals surface area contributed by atoms with Crippen LogP contribution in [0.5, 0.6) is 11.5 Å². The minimum absolute atomic E-state index is 0.0460. The van der Waals surface area contributed by atoms with Gasteiger partial charge < -0.3 is 10.1 Å². The molecule has 0 radical (unpaired) electrons. The summed E-state index contributed by atoms with van der Waals surface area (Å²) in [6.07, 6.45) is 0.759. The van der Waals surface area contributed by atoms with E-state index in [1.807, 2.05) is 19.9 Å². The molecule has 3 aromatic heterocycles. The van der Waals surface area contributed by atoms with Crippen LogP contribution < -0.4 is 10.1 Å². The van der Waals surface area contributed by atoms with Crippen molar-refractivity contribution >= 4 is 17.2 Å². The van der Waals surface area contributed by atoms with Crippen molar-refractivity contribution in [1.82, 2.24) is 25.3 Å². The van der Waals surface area contributed by atoms with Crippen LogP contribution in [0.4, 0.5) is 13.2 Å². The lowest BCUT2D eigenvalue weighted by atomic mass is 10.1. The average molecular weight is 485 g/mol. The molecule has 1 amide bonds. The Labute approximate surface area is 196 Å². The van der Waals surface area contributed by atoms with Crippen LogP contribution >= 0.6 is 11.3 Å². The number of carbonyl (C=O) groups excluding carboxylic acids is 1. The third-order valence-electron chi connectivity index (χ3n) is 4.57. The van der Waals surface area contributed by atoms with Gasteiger partial charge in [0.25, 0.3) is 5.91 Å². The lowest BCUT2D eigenvalue weighted by Crippen LogP contribution is -2.23. The Balaban J connectivity index is 1.56. The van der Waals surface area contributed by atoms with E-state index >= 15 is 0 Å². The molecule has 0 aliphatic carbocycles. The third kappa shape index (κ3) is 5.73. The smallest absolute Gasteiger partial charge is 0.451 e. The van der Waals surface area contributed by atoms with Gasteiger partial charge in [0.15, 0.2) is 0 Å². The van der Waals surface area contributed by atoms with Crippen molar-refractivity contribution in [3.8, 4) is 22.1 Å². The zero-order chi connectivity index (χ0) is 24.3.